The Bertz CT molecular complexity index is 2380. The van der Waals surface area contributed by atoms with E-state index in [1.165, 1.54) is 24.3 Å². The number of phenolic OH excluding ortho intramolecular Hbond substituents is 1. The second-order valence-corrected chi connectivity index (χ2v) is 17.1. The summed E-state index contributed by atoms with van der Waals surface area (Å²) in [4.78, 5) is 119. The predicted octanol–water partition coefficient (Wildman–Crippen LogP) is -3.38. The summed E-state index contributed by atoms with van der Waals surface area (Å²) in [5.41, 5.74) is 34.8. The van der Waals surface area contributed by atoms with E-state index in [-0.39, 0.29) is 81.5 Å². The van der Waals surface area contributed by atoms with E-state index in [1.807, 2.05) is 0 Å². The van der Waals surface area contributed by atoms with Crippen molar-refractivity contribution in [3.8, 4) is 5.75 Å². The van der Waals surface area contributed by atoms with E-state index in [0.29, 0.717) is 41.4 Å². The third kappa shape index (κ3) is 20.4. The number of amides is 6. The number of aliphatic imine (C=N–C) groups is 2. The Morgan fingerprint density at radius 2 is 1.10 bits per heavy atom. The fourth-order valence-electron chi connectivity index (χ4n) is 7.20. The highest BCUT2D eigenvalue weighted by Crippen LogP contribution is 2.20. The lowest BCUT2D eigenvalue weighted by Gasteiger charge is -2.27. The highest BCUT2D eigenvalue weighted by atomic mass is 32.1. The van der Waals surface area contributed by atoms with Crippen molar-refractivity contribution in [2.24, 2.45) is 44.4 Å². The van der Waals surface area contributed by atoms with Crippen LogP contribution in [0.2, 0.25) is 0 Å². The van der Waals surface area contributed by atoms with Crippen LogP contribution in [0, 0.1) is 0 Å². The van der Waals surface area contributed by atoms with Gasteiger partial charge in [0.1, 0.15) is 42.0 Å². The third-order valence-electron chi connectivity index (χ3n) is 11.0. The van der Waals surface area contributed by atoms with E-state index in [4.69, 9.17) is 34.4 Å². The molecule has 394 valence electrons. The number of phenols is 1. The number of nitrogens with two attached hydrogens (primary N) is 6. The van der Waals surface area contributed by atoms with Gasteiger partial charge in [0.2, 0.25) is 35.4 Å². The lowest BCUT2D eigenvalue weighted by Crippen LogP contribution is -2.60. The highest BCUT2D eigenvalue weighted by Gasteiger charge is 2.35. The summed E-state index contributed by atoms with van der Waals surface area (Å²) < 4.78 is 0. The van der Waals surface area contributed by atoms with Crippen molar-refractivity contribution in [1.29, 1.82) is 0 Å². The number of carboxylic acids is 2. The number of carboxylic acid groups (broad SMARTS) is 2. The van der Waals surface area contributed by atoms with E-state index in [2.05, 4.69) is 59.5 Å². The van der Waals surface area contributed by atoms with Gasteiger partial charge in [0.25, 0.3) is 0 Å². The minimum Gasteiger partial charge on any atom is -0.508 e. The molecule has 2 aromatic carbocycles. The van der Waals surface area contributed by atoms with Crippen molar-refractivity contribution in [3.63, 3.8) is 0 Å². The number of unbranched alkanes of at least 4 members (excludes halogenated alkanes) is 1. The molecule has 3 aromatic rings. The number of fused-ring (bicyclic) bond motifs is 1. The van der Waals surface area contributed by atoms with E-state index >= 15 is 0 Å². The number of para-hydroxylation sites is 1. The van der Waals surface area contributed by atoms with Crippen LogP contribution in [0.4, 0.5) is 0 Å². The number of hydrogen-bond acceptors (Lipinski definition) is 14. The molecule has 27 heteroatoms. The summed E-state index contributed by atoms with van der Waals surface area (Å²) in [5.74, 6) is -9.39. The second-order valence-electron chi connectivity index (χ2n) is 16.7. The number of hydrogen-bond donors (Lipinski definition) is 17. The van der Waals surface area contributed by atoms with Crippen LogP contribution in [-0.2, 0) is 51.2 Å². The summed E-state index contributed by atoms with van der Waals surface area (Å²) in [6, 6.07) is 2.38. The van der Waals surface area contributed by atoms with Gasteiger partial charge in [0.15, 0.2) is 11.9 Å². The number of aromatic hydroxyl groups is 1. The fraction of sp³-hybridized carbons (Fsp3) is 0.467. The zero-order valence-corrected chi connectivity index (χ0v) is 40.4. The summed E-state index contributed by atoms with van der Waals surface area (Å²) in [5, 5.41) is 45.5. The first-order valence-corrected chi connectivity index (χ1v) is 23.6. The van der Waals surface area contributed by atoms with Gasteiger partial charge >= 0.3 is 11.9 Å². The molecule has 1 aromatic heterocycles. The number of nitrogens with one attached hydrogen (secondary N) is 7. The maximum Gasteiger partial charge on any atom is 0.326 e. The molecule has 0 aliphatic carbocycles. The molecule has 1 heterocycles. The molecule has 0 spiro atoms. The minimum absolute atomic E-state index is 0.00256. The molecule has 0 saturated carbocycles. The van der Waals surface area contributed by atoms with Gasteiger partial charge in [-0.1, -0.05) is 36.8 Å². The van der Waals surface area contributed by atoms with Gasteiger partial charge in [-0.3, -0.25) is 43.5 Å². The monoisotopic (exact) mass is 1030 g/mol. The van der Waals surface area contributed by atoms with E-state index < -0.39 is 96.1 Å². The number of thiol groups is 1. The average Bonchev–Trinajstić information content (AvgIpc) is 3.74. The van der Waals surface area contributed by atoms with Gasteiger partial charge in [-0.15, -0.1) is 0 Å². The first kappa shape index (κ1) is 58.7. The van der Waals surface area contributed by atoms with Crippen molar-refractivity contribution in [3.05, 3.63) is 65.9 Å². The van der Waals surface area contributed by atoms with Crippen molar-refractivity contribution in [2.75, 3.05) is 25.4 Å². The first-order chi connectivity index (χ1) is 34.2. The Kier molecular flexibility index (Phi) is 24.6. The topological polar surface area (TPSA) is 466 Å². The smallest absolute Gasteiger partial charge is 0.326 e. The number of rotatable bonds is 32. The van der Waals surface area contributed by atoms with Crippen molar-refractivity contribution in [2.45, 2.75) is 107 Å². The molecule has 0 aliphatic heterocycles. The standard InChI is InChI=1S/C45H67N15O11S/c46-16-4-3-8-28(47)37(64)60-35(23-72)42(69)58-33(20-25-22-54-29-9-2-1-7-27(25)29)40(67)59-34(21-36(62)63)41(68)57-32(19-24-12-14-26(61)15-13-24)39(66)55-30(10-5-17-52-44(48)49)38(65)56-31(43(70)71)11-6-18-53-45(50)51/h1-2,7,9,12-15,22,28,30-35,54,61,72H,3-6,8,10-11,16-21,23,46-47H2,(H,55,66)(H,56,65)(H,57,68)(H,58,69)(H,59,67)(H,60,64)(H,62,63)(H,70,71)(H4,48,49,52)(H4,50,51,53)/t28-,30-,31-,32-,33-,34-,35-/m0/s1. The lowest BCUT2D eigenvalue weighted by atomic mass is 10.0. The van der Waals surface area contributed by atoms with Crippen molar-refractivity contribution >= 4 is 82.8 Å². The molecule has 0 saturated heterocycles. The van der Waals surface area contributed by atoms with Crippen LogP contribution in [-0.4, -0.2) is 147 Å². The Labute approximate surface area is 420 Å². The van der Waals surface area contributed by atoms with Gasteiger partial charge in [-0.05, 0) is 74.4 Å². The molecular weight excluding hydrogens is 959 g/mol. The maximum atomic E-state index is 14.3. The SMILES string of the molecule is NCCCC[C@H](N)C(=O)N[C@@H](CS)C(=O)N[C@@H](Cc1c[nH]c2ccccc12)C(=O)N[C@@H](CC(=O)O)C(=O)N[C@@H](Cc1ccc(O)cc1)C(=O)N[C@@H](CCCN=C(N)N)C(=O)N[C@@H](CCCN=C(N)N)C(=O)O. The molecule has 0 bridgehead atoms. The largest absolute Gasteiger partial charge is 0.508 e. The number of benzene rings is 2. The van der Waals surface area contributed by atoms with E-state index in [9.17, 15) is 53.7 Å². The normalized spacial score (nSPS) is 13.9. The van der Waals surface area contributed by atoms with Crippen LogP contribution in [0.1, 0.15) is 62.5 Å². The quantitative estimate of drug-likeness (QED) is 0.0126. The lowest BCUT2D eigenvalue weighted by molar-refractivity contribution is -0.142. The molecule has 26 nitrogen and oxygen atoms in total. The molecule has 0 unspecified atom stereocenters. The van der Waals surface area contributed by atoms with Crippen LogP contribution < -0.4 is 66.3 Å². The number of aliphatic carboxylic acids is 2. The van der Waals surface area contributed by atoms with Gasteiger partial charge < -0.3 is 86.6 Å². The second kappa shape index (κ2) is 30.2. The van der Waals surface area contributed by atoms with Gasteiger partial charge in [-0.25, -0.2) is 4.79 Å². The fourth-order valence-corrected chi connectivity index (χ4v) is 7.46. The van der Waals surface area contributed by atoms with Crippen LogP contribution in [0.15, 0.2) is 64.7 Å². The van der Waals surface area contributed by atoms with E-state index in [0.717, 1.165) is 0 Å². The van der Waals surface area contributed by atoms with Crippen LogP contribution in [0.5, 0.6) is 5.75 Å². The predicted molar refractivity (Wildman–Crippen MR) is 270 cm³/mol. The minimum atomic E-state index is -1.90. The van der Waals surface area contributed by atoms with Gasteiger partial charge in [-0.2, -0.15) is 12.6 Å². The number of aromatic amines is 1. The average molecular weight is 1030 g/mol. The van der Waals surface area contributed by atoms with E-state index in [1.54, 1.807) is 30.5 Å². The maximum absolute atomic E-state index is 14.3. The Hall–Kier alpha value is -7.65. The molecule has 0 aliphatic rings. The Balaban J connectivity index is 1.97. The molecular formula is C45H67N15O11S. The van der Waals surface area contributed by atoms with Crippen molar-refractivity contribution < 1.29 is 53.7 Å². The summed E-state index contributed by atoms with van der Waals surface area (Å²) in [7, 11) is 0. The molecule has 0 fully saturated rings. The number of carbonyl (C=O) groups excluding carboxylic acids is 6. The molecule has 22 N–H and O–H groups in total. The number of aromatic nitrogens is 1. The zero-order valence-electron chi connectivity index (χ0n) is 39.6. The van der Waals surface area contributed by atoms with Crippen LogP contribution in [0.3, 0.4) is 0 Å². The Morgan fingerprint density at radius 3 is 1.67 bits per heavy atom. The number of nitrogens with zero attached hydrogens (tertiary/aromatic N) is 2. The third-order valence-corrected chi connectivity index (χ3v) is 11.4. The molecule has 72 heavy (non-hydrogen) atoms. The molecule has 3 rings (SSSR count). The first-order valence-electron chi connectivity index (χ1n) is 23.0. The summed E-state index contributed by atoms with van der Waals surface area (Å²) in [6.45, 7) is 0.460. The number of carbonyl (C=O) groups is 8. The highest BCUT2D eigenvalue weighted by molar-refractivity contribution is 7.80. The molecule has 7 atom stereocenters. The van der Waals surface area contributed by atoms with Gasteiger partial charge in [0.05, 0.1) is 12.5 Å². The van der Waals surface area contributed by atoms with Crippen LogP contribution >= 0.6 is 12.6 Å². The molecule has 6 amide bonds. The number of guanidine groups is 2. The van der Waals surface area contributed by atoms with Crippen molar-refractivity contribution in [1.82, 2.24) is 36.9 Å². The number of H-pyrrole nitrogens is 1. The summed E-state index contributed by atoms with van der Waals surface area (Å²) in [6.07, 6.45) is 1.54. The Morgan fingerprint density at radius 1 is 0.597 bits per heavy atom. The summed E-state index contributed by atoms with van der Waals surface area (Å²) >= 11 is 4.24. The molecule has 0 radical (unpaired) electrons. The van der Waals surface area contributed by atoms with Gasteiger partial charge in [0, 0.05) is 48.8 Å². The zero-order chi connectivity index (χ0) is 53.3. The van der Waals surface area contributed by atoms with Crippen LogP contribution in [0.25, 0.3) is 10.9 Å².